The van der Waals surface area contributed by atoms with E-state index in [2.05, 4.69) is 15.6 Å². The van der Waals surface area contributed by atoms with Gasteiger partial charge in [-0.2, -0.15) is 13.2 Å². The molecule has 0 fully saturated rings. The second-order valence-electron chi connectivity index (χ2n) is 12.5. The molecule has 0 unspecified atom stereocenters. The SMILES string of the molecule is CC(C)(C)N(C(=O)O)[C@H](CO)c1cc(C(=O)N[C@@H]2CCc3ccc(Oc4ccnc5c4CCC(=O)N5)cc3C2)cc(C(F)(F)F)c1. The van der Waals surface area contributed by atoms with Crippen LogP contribution in [0.5, 0.6) is 11.5 Å². The van der Waals surface area contributed by atoms with Gasteiger partial charge in [0.2, 0.25) is 5.91 Å². The van der Waals surface area contributed by atoms with Gasteiger partial charge < -0.3 is 25.6 Å². The van der Waals surface area contributed by atoms with Crippen molar-refractivity contribution in [2.24, 2.45) is 0 Å². The second-order valence-corrected chi connectivity index (χ2v) is 12.5. The highest BCUT2D eigenvalue weighted by Crippen LogP contribution is 2.37. The van der Waals surface area contributed by atoms with Gasteiger partial charge in [-0.3, -0.25) is 14.5 Å². The smallest absolute Gasteiger partial charge is 0.416 e. The van der Waals surface area contributed by atoms with E-state index in [1.54, 1.807) is 33.0 Å². The van der Waals surface area contributed by atoms with E-state index in [0.717, 1.165) is 33.7 Å². The standard InChI is InChI=1S/C33H35F3N4O6/c1-32(2,3)40(31(44)45)26(17-41)20-12-21(14-22(13-20)33(34,35)36)30(43)38-23-6-4-18-5-7-24(16-19(18)15-23)46-27-10-11-37-29-25(27)8-9-28(42)39-29/h5,7,10-14,16,23,26,41H,4,6,8-9,15,17H2,1-3H3,(H,38,43)(H,44,45)(H,37,39,42)/t23-,26-/m1/s1. The van der Waals surface area contributed by atoms with Crippen LogP contribution in [0.4, 0.5) is 23.8 Å². The van der Waals surface area contributed by atoms with Crippen LogP contribution in [-0.4, -0.2) is 56.2 Å². The number of aliphatic hydroxyl groups is 1. The van der Waals surface area contributed by atoms with Gasteiger partial charge in [0.15, 0.2) is 0 Å². The largest absolute Gasteiger partial charge is 0.465 e. The maximum absolute atomic E-state index is 13.9. The molecule has 2 atom stereocenters. The van der Waals surface area contributed by atoms with Crippen LogP contribution >= 0.6 is 0 Å². The van der Waals surface area contributed by atoms with Crippen molar-refractivity contribution in [3.8, 4) is 11.5 Å². The van der Waals surface area contributed by atoms with Crippen LogP contribution in [0, 0.1) is 0 Å². The van der Waals surface area contributed by atoms with Crippen LogP contribution in [0.3, 0.4) is 0 Å². The zero-order valence-electron chi connectivity index (χ0n) is 25.6. The van der Waals surface area contributed by atoms with Gasteiger partial charge in [0, 0.05) is 35.3 Å². The minimum atomic E-state index is -4.82. The molecule has 3 aromatic rings. The van der Waals surface area contributed by atoms with E-state index in [9.17, 15) is 37.8 Å². The topological polar surface area (TPSA) is 141 Å². The van der Waals surface area contributed by atoms with Crippen molar-refractivity contribution in [3.05, 3.63) is 82.0 Å². The first-order valence-electron chi connectivity index (χ1n) is 14.9. The van der Waals surface area contributed by atoms with Gasteiger partial charge in [0.25, 0.3) is 5.91 Å². The first-order chi connectivity index (χ1) is 21.6. The van der Waals surface area contributed by atoms with Gasteiger partial charge in [-0.05, 0) is 99.5 Å². The summed E-state index contributed by atoms with van der Waals surface area (Å²) in [6.07, 6.45) is -2.29. The monoisotopic (exact) mass is 640 g/mol. The number of ether oxygens (including phenoxy) is 1. The number of aromatic nitrogens is 1. The maximum Gasteiger partial charge on any atom is 0.416 e. The van der Waals surface area contributed by atoms with Crippen molar-refractivity contribution in [1.82, 2.24) is 15.2 Å². The summed E-state index contributed by atoms with van der Waals surface area (Å²) in [7, 11) is 0. The summed E-state index contributed by atoms with van der Waals surface area (Å²) in [4.78, 5) is 42.3. The highest BCUT2D eigenvalue weighted by molar-refractivity contribution is 5.95. The lowest BCUT2D eigenvalue weighted by Gasteiger charge is -2.39. The van der Waals surface area contributed by atoms with E-state index < -0.39 is 48.0 Å². The number of benzene rings is 2. The Hall–Kier alpha value is -4.65. The van der Waals surface area contributed by atoms with Gasteiger partial charge in [0.05, 0.1) is 18.2 Å². The number of fused-ring (bicyclic) bond motifs is 2. The van der Waals surface area contributed by atoms with Gasteiger partial charge in [-0.1, -0.05) is 6.07 Å². The van der Waals surface area contributed by atoms with Crippen molar-refractivity contribution in [3.63, 3.8) is 0 Å². The summed E-state index contributed by atoms with van der Waals surface area (Å²) < 4.78 is 48.0. The van der Waals surface area contributed by atoms with E-state index in [-0.39, 0.29) is 17.0 Å². The van der Waals surface area contributed by atoms with Crippen molar-refractivity contribution >= 4 is 23.7 Å². The number of carbonyl (C=O) groups is 3. The fourth-order valence-electron chi connectivity index (χ4n) is 6.03. The Balaban J connectivity index is 1.37. The number of amides is 3. The molecule has 13 heteroatoms. The Kier molecular flexibility index (Phi) is 8.98. The maximum atomic E-state index is 13.9. The van der Waals surface area contributed by atoms with Crippen LogP contribution in [0.2, 0.25) is 0 Å². The normalized spacial score (nSPS) is 16.8. The molecule has 4 N–H and O–H groups in total. The highest BCUT2D eigenvalue weighted by atomic mass is 19.4. The summed E-state index contributed by atoms with van der Waals surface area (Å²) in [5.41, 5.74) is 0.154. The number of carboxylic acid groups (broad SMARTS) is 1. The highest BCUT2D eigenvalue weighted by Gasteiger charge is 2.37. The molecule has 2 aliphatic rings. The summed E-state index contributed by atoms with van der Waals surface area (Å²) in [5.74, 6) is 0.732. The second kappa shape index (κ2) is 12.6. The van der Waals surface area contributed by atoms with Crippen LogP contribution in [-0.2, 0) is 30.2 Å². The van der Waals surface area contributed by atoms with Crippen molar-refractivity contribution in [1.29, 1.82) is 0 Å². The van der Waals surface area contributed by atoms with Gasteiger partial charge >= 0.3 is 12.3 Å². The molecule has 1 aromatic heterocycles. The zero-order chi connectivity index (χ0) is 33.4. The van der Waals surface area contributed by atoms with Crippen molar-refractivity contribution in [2.75, 3.05) is 11.9 Å². The Morgan fingerprint density at radius 3 is 2.52 bits per heavy atom. The molecule has 0 spiro atoms. The van der Waals surface area contributed by atoms with Gasteiger partial charge in [0.1, 0.15) is 17.3 Å². The summed E-state index contributed by atoms with van der Waals surface area (Å²) >= 11 is 0. The predicted octanol–water partition coefficient (Wildman–Crippen LogP) is 5.88. The lowest BCUT2D eigenvalue weighted by molar-refractivity contribution is -0.137. The van der Waals surface area contributed by atoms with Crippen LogP contribution in [0.25, 0.3) is 0 Å². The minimum Gasteiger partial charge on any atom is -0.465 e. The molecule has 1 aliphatic heterocycles. The first-order valence-corrected chi connectivity index (χ1v) is 14.9. The lowest BCUT2D eigenvalue weighted by Crippen LogP contribution is -2.48. The van der Waals surface area contributed by atoms with Crippen LogP contribution in [0.1, 0.15) is 77.8 Å². The quantitative estimate of drug-likeness (QED) is 0.253. The van der Waals surface area contributed by atoms with E-state index >= 15 is 0 Å². The van der Waals surface area contributed by atoms with Crippen LogP contribution < -0.4 is 15.4 Å². The number of aryl methyl sites for hydroxylation is 1. The van der Waals surface area contributed by atoms with Crippen molar-refractivity contribution in [2.45, 2.75) is 76.7 Å². The fourth-order valence-corrected chi connectivity index (χ4v) is 6.03. The molecule has 46 heavy (non-hydrogen) atoms. The number of halogens is 3. The molecule has 0 saturated carbocycles. The molecule has 0 bridgehead atoms. The van der Waals surface area contributed by atoms with Gasteiger partial charge in [-0.25, -0.2) is 9.78 Å². The Morgan fingerprint density at radius 2 is 1.85 bits per heavy atom. The summed E-state index contributed by atoms with van der Waals surface area (Å²) in [6.45, 7) is 3.90. The number of pyridine rings is 1. The molecule has 5 rings (SSSR count). The number of hydrogen-bond donors (Lipinski definition) is 4. The molecule has 0 radical (unpaired) electrons. The third kappa shape index (κ3) is 7.09. The third-order valence-electron chi connectivity index (χ3n) is 8.18. The zero-order valence-corrected chi connectivity index (χ0v) is 25.6. The van der Waals surface area contributed by atoms with Crippen molar-refractivity contribution < 1.29 is 42.5 Å². The van der Waals surface area contributed by atoms with Crippen LogP contribution in [0.15, 0.2) is 48.7 Å². The van der Waals surface area contributed by atoms with E-state index in [1.807, 2.05) is 18.2 Å². The average Bonchev–Trinajstić information content (AvgIpc) is 2.98. The number of alkyl halides is 3. The molecule has 10 nitrogen and oxygen atoms in total. The van der Waals surface area contributed by atoms with E-state index in [1.165, 1.54) is 6.07 Å². The first kappa shape index (κ1) is 32.7. The third-order valence-corrected chi connectivity index (χ3v) is 8.18. The molecule has 1 aliphatic carbocycles. The number of rotatable bonds is 7. The molecule has 2 heterocycles. The number of nitrogens with one attached hydrogen (secondary N) is 2. The molecule has 3 amide bonds. The molecular formula is C33H35F3N4O6. The number of carbonyl (C=O) groups excluding carboxylic acids is 2. The molecule has 244 valence electrons. The van der Waals surface area contributed by atoms with Gasteiger partial charge in [-0.15, -0.1) is 0 Å². The summed E-state index contributed by atoms with van der Waals surface area (Å²) in [5, 5.41) is 25.5. The van der Waals surface area contributed by atoms with E-state index in [4.69, 9.17) is 4.74 Å². The lowest BCUT2D eigenvalue weighted by atomic mass is 9.88. The molecular weight excluding hydrogens is 605 g/mol. The fraction of sp³-hybridized carbons (Fsp3) is 0.394. The molecule has 0 saturated heterocycles. The minimum absolute atomic E-state index is 0.110. The molecule has 2 aromatic carbocycles. The number of aliphatic hydroxyl groups excluding tert-OH is 1. The predicted molar refractivity (Wildman–Crippen MR) is 162 cm³/mol. The Bertz CT molecular complexity index is 1670. The number of hydrogen-bond acceptors (Lipinski definition) is 6. The number of anilines is 1. The summed E-state index contributed by atoms with van der Waals surface area (Å²) in [6, 6.07) is 8.34. The average molecular weight is 641 g/mol. The Labute approximate surface area is 263 Å². The Morgan fingerprint density at radius 1 is 1.09 bits per heavy atom. The van der Waals surface area contributed by atoms with E-state index in [0.29, 0.717) is 49.4 Å². The number of nitrogens with zero attached hydrogens (tertiary/aromatic N) is 2.